The van der Waals surface area contributed by atoms with E-state index in [1.807, 2.05) is 29.2 Å². The van der Waals surface area contributed by atoms with Gasteiger partial charge in [0.25, 0.3) is 0 Å². The van der Waals surface area contributed by atoms with Crippen molar-refractivity contribution in [3.05, 3.63) is 321 Å². The standard InChI is InChI=1S/C56H60N4O.C55H66N4O.2Pt/c1-52(2,3)45-34-43(61-42-26-20-25-41(33-42)60-49(54(7,8)9)36-48(58-60)53(4,5)6)35-47-51(45)44-31-39(55(10,11)37-21-16-14-17-22-37)27-28-46(44)59(47)50-32-40(29-30-57-50)56(12,13)38-23-18-15-19-24-38;1-50(2,3)36-23-24-44-42(29-36)49-43(52(7,8)9)32-41(33-45(49)58(44)48-30-37(25-26-56-48)55(16,17)35-21-19-18-20-22-35)60-40-28-38(51(4,5)6)27-39(31-40)59-47(54(13,14)15)34-46(57-59)53(10,11)12;;/h14-32,34,36H,1-13H3;18-30,32,34H,1-17H3;;/q2*-2;2*+2. The Balaban J connectivity index is 0.000000221. The second-order valence-electron chi connectivity index (χ2n) is 43.3. The maximum absolute atomic E-state index is 7.03. The minimum absolute atomic E-state index is 0. The number of pyridine rings is 2. The number of fused-ring (bicyclic) bond motifs is 6. The largest absolute Gasteiger partial charge is 2.00 e. The van der Waals surface area contributed by atoms with Gasteiger partial charge in [0.15, 0.2) is 0 Å². The van der Waals surface area contributed by atoms with Crippen LogP contribution >= 0.6 is 0 Å². The molecule has 642 valence electrons. The van der Waals surface area contributed by atoms with Gasteiger partial charge in [-0.2, -0.15) is 16.3 Å². The number of benzene rings is 9. The van der Waals surface area contributed by atoms with Crippen molar-refractivity contribution in [2.75, 3.05) is 0 Å². The van der Waals surface area contributed by atoms with Gasteiger partial charge in [-0.05, 0) is 131 Å². The number of rotatable bonds is 14. The smallest absolute Gasteiger partial charge is 0.509 e. The van der Waals surface area contributed by atoms with Crippen molar-refractivity contribution >= 4 is 43.6 Å². The van der Waals surface area contributed by atoms with E-state index in [4.69, 9.17) is 29.6 Å². The molecular formula is C111H126N8O2Pt2. The first-order chi connectivity index (χ1) is 56.3. The molecule has 0 saturated heterocycles. The fraction of sp³-hybridized carbons (Fsp3) is 0.369. The molecule has 0 aliphatic rings. The Morgan fingerprint density at radius 2 is 0.626 bits per heavy atom. The second kappa shape index (κ2) is 33.3. The summed E-state index contributed by atoms with van der Waals surface area (Å²) in [6.07, 6.45) is 3.89. The van der Waals surface area contributed by atoms with E-state index in [2.05, 4.69) is 440 Å². The maximum atomic E-state index is 7.03. The van der Waals surface area contributed by atoms with Gasteiger partial charge in [-0.3, -0.25) is 9.36 Å². The summed E-state index contributed by atoms with van der Waals surface area (Å²) in [6, 6.07) is 89.0. The van der Waals surface area contributed by atoms with Crippen molar-refractivity contribution in [1.82, 2.24) is 38.7 Å². The fourth-order valence-electron chi connectivity index (χ4n) is 16.5. The molecule has 15 rings (SSSR count). The molecule has 0 amide bonds. The van der Waals surface area contributed by atoms with Crippen LogP contribution in [0.2, 0.25) is 0 Å². The van der Waals surface area contributed by atoms with E-state index >= 15 is 0 Å². The van der Waals surface area contributed by atoms with Gasteiger partial charge in [-0.1, -0.05) is 345 Å². The van der Waals surface area contributed by atoms with Crippen LogP contribution in [0, 0.1) is 24.3 Å². The van der Waals surface area contributed by atoms with Crippen molar-refractivity contribution < 1.29 is 51.6 Å². The molecule has 15 aromatic rings. The number of hydrogen-bond donors (Lipinski definition) is 0. The molecule has 0 bridgehead atoms. The molecule has 0 aliphatic heterocycles. The molecule has 0 spiro atoms. The summed E-state index contributed by atoms with van der Waals surface area (Å²) in [5, 5.41) is 15.0. The van der Waals surface area contributed by atoms with Crippen molar-refractivity contribution in [3.63, 3.8) is 0 Å². The molecule has 12 heteroatoms. The van der Waals surface area contributed by atoms with Gasteiger partial charge in [0.05, 0.1) is 11.4 Å². The average molecular weight is 1990 g/mol. The summed E-state index contributed by atoms with van der Waals surface area (Å²) in [5.74, 6) is 4.16. The Morgan fingerprint density at radius 1 is 0.268 bits per heavy atom. The Kier molecular flexibility index (Phi) is 25.0. The van der Waals surface area contributed by atoms with Gasteiger partial charge >= 0.3 is 42.1 Å². The third-order valence-corrected chi connectivity index (χ3v) is 24.4. The predicted molar refractivity (Wildman–Crippen MR) is 505 cm³/mol. The fourth-order valence-corrected chi connectivity index (χ4v) is 16.5. The van der Waals surface area contributed by atoms with Crippen LogP contribution in [-0.2, 0) is 102 Å². The minimum Gasteiger partial charge on any atom is -0.509 e. The number of hydrogen-bond acceptors (Lipinski definition) is 6. The average Bonchev–Trinajstić information content (AvgIpc) is 1.57. The van der Waals surface area contributed by atoms with Crippen LogP contribution in [0.4, 0.5) is 0 Å². The van der Waals surface area contributed by atoms with Crippen molar-refractivity contribution in [1.29, 1.82) is 0 Å². The Morgan fingerprint density at radius 3 is 1.01 bits per heavy atom. The van der Waals surface area contributed by atoms with Crippen molar-refractivity contribution in [2.24, 2.45) is 0 Å². The van der Waals surface area contributed by atoms with Gasteiger partial charge in [0.2, 0.25) is 0 Å². The number of nitrogens with zero attached hydrogens (tertiary/aromatic N) is 8. The first kappa shape index (κ1) is 92.5. The van der Waals surface area contributed by atoms with E-state index in [9.17, 15) is 0 Å². The van der Waals surface area contributed by atoms with Crippen LogP contribution in [0.25, 0.3) is 66.6 Å². The zero-order valence-corrected chi connectivity index (χ0v) is 82.9. The van der Waals surface area contributed by atoms with Crippen LogP contribution in [0.5, 0.6) is 23.0 Å². The van der Waals surface area contributed by atoms with Gasteiger partial charge in [-0.25, -0.2) is 9.97 Å². The minimum atomic E-state index is -0.255. The zero-order valence-electron chi connectivity index (χ0n) is 78.3. The first-order valence-corrected chi connectivity index (χ1v) is 43.2. The Bertz CT molecular complexity index is 6370. The van der Waals surface area contributed by atoms with Crippen molar-refractivity contribution in [2.45, 2.75) is 267 Å². The van der Waals surface area contributed by atoms with Gasteiger partial charge < -0.3 is 18.6 Å². The molecular weight excluding hydrogens is 1870 g/mol. The van der Waals surface area contributed by atoms with E-state index < -0.39 is 0 Å². The molecule has 6 heterocycles. The molecule has 9 aromatic carbocycles. The van der Waals surface area contributed by atoms with E-state index in [0.29, 0.717) is 23.0 Å². The van der Waals surface area contributed by atoms with Crippen molar-refractivity contribution in [3.8, 4) is 46.0 Å². The molecule has 6 aromatic heterocycles. The molecule has 0 unspecified atom stereocenters. The molecule has 0 saturated carbocycles. The van der Waals surface area contributed by atoms with Crippen LogP contribution in [0.3, 0.4) is 0 Å². The quantitative estimate of drug-likeness (QED) is 0.101. The summed E-state index contributed by atoms with van der Waals surface area (Å²) in [6.45, 7) is 67.7. The monoisotopic (exact) mass is 1990 g/mol. The molecule has 0 fully saturated rings. The van der Waals surface area contributed by atoms with E-state index in [0.717, 1.165) is 84.2 Å². The van der Waals surface area contributed by atoms with E-state index in [1.165, 1.54) is 60.8 Å². The normalized spacial score (nSPS) is 13.0. The first-order valence-electron chi connectivity index (χ1n) is 43.2. The van der Waals surface area contributed by atoms with Crippen LogP contribution < -0.4 is 9.47 Å². The number of ether oxygens (including phenoxy) is 2. The maximum Gasteiger partial charge on any atom is 2.00 e. The second-order valence-corrected chi connectivity index (χ2v) is 43.3. The van der Waals surface area contributed by atoms with E-state index in [1.54, 1.807) is 0 Å². The SMILES string of the molecule is CC(C)(C)c1cc(C(C)(C)C)n(-c2[c-]c(Oc3[c-]c4c(c(C(C)(C)C)c3)c3cc(C(C)(C)c5ccccc5)ccc3n4-c3cc(C(C)(C)c4ccccc4)ccn3)ccc2)n1.CC(C)(C)c1cc(Oc2[c-]c3c(c(C(C)(C)C)c2)c2cc(C(C)(C)C)ccc2n3-c2cc(C(C)(C)c3ccccc3)ccn2)[c-]c(-n2nc(C(C)(C)C)cc2C(C)(C)C)c1.[Pt+2].[Pt+2]. The molecule has 0 radical (unpaired) electrons. The van der Waals surface area contributed by atoms with Crippen LogP contribution in [0.15, 0.2) is 219 Å². The third kappa shape index (κ3) is 18.7. The van der Waals surface area contributed by atoms with Gasteiger partial charge in [-0.15, -0.1) is 77.4 Å². The van der Waals surface area contributed by atoms with Crippen LogP contribution in [0.1, 0.15) is 286 Å². The molecule has 10 nitrogen and oxygen atoms in total. The summed E-state index contributed by atoms with van der Waals surface area (Å²) in [7, 11) is 0. The predicted octanol–water partition coefficient (Wildman–Crippen LogP) is 28.9. The van der Waals surface area contributed by atoms with E-state index in [-0.39, 0.29) is 102 Å². The summed E-state index contributed by atoms with van der Waals surface area (Å²) < 4.78 is 22.6. The number of aromatic nitrogens is 8. The molecule has 0 N–H and O–H groups in total. The molecule has 0 aliphatic carbocycles. The van der Waals surface area contributed by atoms with Gasteiger partial charge in [0, 0.05) is 95.7 Å². The van der Waals surface area contributed by atoms with Gasteiger partial charge in [0.1, 0.15) is 11.6 Å². The summed E-state index contributed by atoms with van der Waals surface area (Å²) >= 11 is 0. The summed E-state index contributed by atoms with van der Waals surface area (Å²) in [4.78, 5) is 10.2. The van der Waals surface area contributed by atoms with Crippen LogP contribution in [-0.4, -0.2) is 38.7 Å². The Labute approximate surface area is 762 Å². The molecule has 0 atom stereocenters. The Hall–Kier alpha value is -9.72. The zero-order chi connectivity index (χ0) is 87.7. The summed E-state index contributed by atoms with van der Waals surface area (Å²) in [5.41, 5.74) is 20.3. The molecule has 123 heavy (non-hydrogen) atoms. The third-order valence-electron chi connectivity index (χ3n) is 24.4. The topological polar surface area (TPSA) is 89.7 Å².